The quantitative estimate of drug-likeness (QED) is 0.208. The molecule has 0 radical (unpaired) electrons. The molecule has 1 atom stereocenters. The highest BCUT2D eigenvalue weighted by Gasteiger charge is 2.14. The molecule has 8 nitrogen and oxygen atoms in total. The minimum Gasteiger partial charge on any atom is -0.507 e. The summed E-state index contributed by atoms with van der Waals surface area (Å²) in [6, 6.07) is 3.79. The highest BCUT2D eigenvalue weighted by molar-refractivity contribution is 5.86. The summed E-state index contributed by atoms with van der Waals surface area (Å²) < 4.78 is 5.03. The van der Waals surface area contributed by atoms with Crippen LogP contribution in [0.5, 0.6) is 11.5 Å². The average molecular weight is 310 g/mol. The van der Waals surface area contributed by atoms with Gasteiger partial charge in [0.2, 0.25) is 0 Å². The molecule has 8 heteroatoms. The number of phenolic OH excluding ortho intramolecular Hbond substituents is 1. The molecule has 0 aliphatic carbocycles. The predicted octanol–water partition coefficient (Wildman–Crippen LogP) is 0.782. The Morgan fingerprint density at radius 2 is 2.27 bits per heavy atom. The van der Waals surface area contributed by atoms with E-state index >= 15 is 0 Å². The number of aromatic hydroxyl groups is 1. The minimum atomic E-state index is -1.01. The molecule has 0 saturated heterocycles. The number of aliphatic carboxylic acids is 1. The molecule has 1 aromatic rings. The zero-order valence-electron chi connectivity index (χ0n) is 12.5. The Bertz CT molecular complexity index is 494. The van der Waals surface area contributed by atoms with Crippen LogP contribution in [0.3, 0.4) is 0 Å². The molecule has 1 rings (SSSR count). The van der Waals surface area contributed by atoms with Crippen molar-refractivity contribution < 1.29 is 19.7 Å². The number of methoxy groups -OCH3 is 1. The van der Waals surface area contributed by atoms with E-state index in [4.69, 9.17) is 21.1 Å². The Hall–Kier alpha value is -2.45. The van der Waals surface area contributed by atoms with E-state index in [1.165, 1.54) is 19.4 Å². The Kier molecular flexibility index (Phi) is 9.98. The lowest BCUT2D eigenvalue weighted by molar-refractivity contribution is -0.138. The number of hydrazine groups is 1. The fourth-order valence-electron chi connectivity index (χ4n) is 1.59. The first kappa shape index (κ1) is 19.6. The first-order valence-corrected chi connectivity index (χ1v) is 6.50. The Morgan fingerprint density at radius 3 is 2.82 bits per heavy atom. The van der Waals surface area contributed by atoms with Crippen LogP contribution >= 0.6 is 0 Å². The second-order valence-electron chi connectivity index (χ2n) is 4.15. The minimum absolute atomic E-state index is 0.0160. The van der Waals surface area contributed by atoms with Gasteiger partial charge in [0.25, 0.3) is 0 Å². The van der Waals surface area contributed by atoms with Crippen molar-refractivity contribution in [3.05, 3.63) is 23.8 Å². The van der Waals surface area contributed by atoms with Gasteiger partial charge >= 0.3 is 5.97 Å². The SMILES string of the molecule is C=N.COc1ccc(O)c(C=NC(CCCNN)C(=O)O)c1. The van der Waals surface area contributed by atoms with Crippen molar-refractivity contribution >= 4 is 18.9 Å². The van der Waals surface area contributed by atoms with Crippen LogP contribution in [0, 0.1) is 5.41 Å². The Labute approximate surface area is 129 Å². The molecule has 1 aromatic carbocycles. The molecule has 0 aliphatic rings. The number of nitrogens with zero attached hydrogens (tertiary/aromatic N) is 1. The Balaban J connectivity index is 0.00000211. The van der Waals surface area contributed by atoms with Crippen molar-refractivity contribution in [1.29, 1.82) is 5.41 Å². The third kappa shape index (κ3) is 6.82. The van der Waals surface area contributed by atoms with Crippen LogP contribution in [0.25, 0.3) is 0 Å². The summed E-state index contributed by atoms with van der Waals surface area (Å²) in [4.78, 5) is 15.1. The zero-order chi connectivity index (χ0) is 17.0. The molecule has 1 unspecified atom stereocenters. The lowest BCUT2D eigenvalue weighted by Crippen LogP contribution is -2.25. The largest absolute Gasteiger partial charge is 0.507 e. The summed E-state index contributed by atoms with van der Waals surface area (Å²) in [5.74, 6) is 4.69. The first-order chi connectivity index (χ1) is 10.6. The molecule has 122 valence electrons. The van der Waals surface area contributed by atoms with Gasteiger partial charge in [0, 0.05) is 18.3 Å². The molecule has 0 saturated carbocycles. The molecule has 0 bridgehead atoms. The van der Waals surface area contributed by atoms with E-state index in [0.717, 1.165) is 0 Å². The monoisotopic (exact) mass is 310 g/mol. The van der Waals surface area contributed by atoms with E-state index in [9.17, 15) is 9.90 Å². The van der Waals surface area contributed by atoms with E-state index < -0.39 is 12.0 Å². The molecule has 0 amide bonds. The second kappa shape index (κ2) is 11.2. The summed E-state index contributed by atoms with van der Waals surface area (Å²) in [7, 11) is 1.51. The van der Waals surface area contributed by atoms with Crippen LogP contribution < -0.4 is 16.0 Å². The molecular weight excluding hydrogens is 288 g/mol. The van der Waals surface area contributed by atoms with Gasteiger partial charge < -0.3 is 20.4 Å². The van der Waals surface area contributed by atoms with Crippen molar-refractivity contribution in [3.63, 3.8) is 0 Å². The normalized spacial score (nSPS) is 11.5. The van der Waals surface area contributed by atoms with Gasteiger partial charge in [0.15, 0.2) is 0 Å². The fraction of sp³-hybridized carbons (Fsp3) is 0.357. The van der Waals surface area contributed by atoms with Crippen molar-refractivity contribution in [2.45, 2.75) is 18.9 Å². The van der Waals surface area contributed by atoms with Crippen molar-refractivity contribution in [3.8, 4) is 11.5 Å². The molecule has 0 aliphatic heterocycles. The highest BCUT2D eigenvalue weighted by atomic mass is 16.5. The van der Waals surface area contributed by atoms with Gasteiger partial charge in [-0.1, -0.05) is 0 Å². The van der Waals surface area contributed by atoms with E-state index in [1.54, 1.807) is 12.1 Å². The predicted molar refractivity (Wildman–Crippen MR) is 84.9 cm³/mol. The number of carboxylic acid groups (broad SMARTS) is 1. The average Bonchev–Trinajstić information content (AvgIpc) is 2.53. The van der Waals surface area contributed by atoms with Gasteiger partial charge in [-0.2, -0.15) is 0 Å². The van der Waals surface area contributed by atoms with Crippen molar-refractivity contribution in [1.82, 2.24) is 5.43 Å². The molecule has 22 heavy (non-hydrogen) atoms. The van der Waals surface area contributed by atoms with Crippen LogP contribution in [0.2, 0.25) is 0 Å². The summed E-state index contributed by atoms with van der Waals surface area (Å²) in [6.45, 7) is 3.02. The van der Waals surface area contributed by atoms with Crippen LogP contribution in [-0.2, 0) is 4.79 Å². The van der Waals surface area contributed by atoms with Crippen molar-refractivity contribution in [2.75, 3.05) is 13.7 Å². The standard InChI is InChI=1S/C13H19N3O4.CH3N/c1-20-10-4-5-12(17)9(7-10)8-15-11(13(18)19)3-2-6-16-14;1-2/h4-5,7-8,11,16-17H,2-3,6,14H2,1H3,(H,18,19);2H,1H2. The molecule has 0 aromatic heterocycles. The molecule has 6 N–H and O–H groups in total. The lowest BCUT2D eigenvalue weighted by atomic mass is 10.1. The molecule has 0 spiro atoms. The number of phenols is 1. The molecular formula is C14H22N4O4. The molecule has 0 heterocycles. The zero-order valence-corrected chi connectivity index (χ0v) is 12.5. The maximum Gasteiger partial charge on any atom is 0.328 e. The van der Waals surface area contributed by atoms with Crippen molar-refractivity contribution in [2.24, 2.45) is 10.8 Å². The summed E-state index contributed by atoms with van der Waals surface area (Å²) >= 11 is 0. The number of carboxylic acids is 1. The number of hydrogen-bond acceptors (Lipinski definition) is 7. The van der Waals surface area contributed by atoms with E-state index in [-0.39, 0.29) is 5.75 Å². The van der Waals surface area contributed by atoms with E-state index in [1.807, 2.05) is 0 Å². The summed E-state index contributed by atoms with van der Waals surface area (Å²) in [5, 5.41) is 24.2. The number of benzene rings is 1. The van der Waals surface area contributed by atoms with Crippen LogP contribution in [0.15, 0.2) is 23.2 Å². The van der Waals surface area contributed by atoms with Crippen LogP contribution in [0.1, 0.15) is 18.4 Å². The number of nitrogens with one attached hydrogen (secondary N) is 2. The summed E-state index contributed by atoms with van der Waals surface area (Å²) in [5.41, 5.74) is 2.87. The van der Waals surface area contributed by atoms with Gasteiger partial charge in [-0.05, 0) is 37.8 Å². The number of rotatable bonds is 8. The number of nitrogens with two attached hydrogens (primary N) is 1. The van der Waals surface area contributed by atoms with Crippen LogP contribution in [-0.4, -0.2) is 48.8 Å². The van der Waals surface area contributed by atoms with Crippen LogP contribution in [0.4, 0.5) is 0 Å². The van der Waals surface area contributed by atoms with E-state index in [2.05, 4.69) is 17.1 Å². The van der Waals surface area contributed by atoms with Gasteiger partial charge in [-0.25, -0.2) is 4.79 Å². The lowest BCUT2D eigenvalue weighted by Gasteiger charge is -2.07. The maximum atomic E-state index is 11.1. The fourth-order valence-corrected chi connectivity index (χ4v) is 1.59. The topological polar surface area (TPSA) is 141 Å². The van der Waals surface area contributed by atoms with Gasteiger partial charge in [0.05, 0.1) is 7.11 Å². The van der Waals surface area contributed by atoms with Gasteiger partial charge in [-0.15, -0.1) is 0 Å². The second-order valence-corrected chi connectivity index (χ2v) is 4.15. The number of ether oxygens (including phenoxy) is 1. The smallest absolute Gasteiger partial charge is 0.328 e. The Morgan fingerprint density at radius 1 is 1.59 bits per heavy atom. The number of hydrogen-bond donors (Lipinski definition) is 5. The summed E-state index contributed by atoms with van der Waals surface area (Å²) in [6.07, 6.45) is 2.29. The maximum absolute atomic E-state index is 11.1. The van der Waals surface area contributed by atoms with E-state index in [0.29, 0.717) is 30.7 Å². The number of aliphatic imine (C=N–C) groups is 1. The van der Waals surface area contributed by atoms with Gasteiger partial charge in [0.1, 0.15) is 17.5 Å². The van der Waals surface area contributed by atoms with Gasteiger partial charge in [-0.3, -0.25) is 16.3 Å². The highest BCUT2D eigenvalue weighted by Crippen LogP contribution is 2.21. The first-order valence-electron chi connectivity index (χ1n) is 6.50. The molecule has 0 fully saturated rings. The third-order valence-corrected chi connectivity index (χ3v) is 2.71. The third-order valence-electron chi connectivity index (χ3n) is 2.71. The number of carbonyl (C=O) groups is 1.